The molecule has 0 fully saturated rings. The summed E-state index contributed by atoms with van der Waals surface area (Å²) < 4.78 is 28.7. The van der Waals surface area contributed by atoms with Gasteiger partial charge in [-0.3, -0.25) is 9.52 Å². The number of phenolic OH excluding ortho intramolecular Hbond substituents is 1. The Labute approximate surface area is 205 Å². The molecule has 35 heavy (non-hydrogen) atoms. The molecule has 0 unspecified atom stereocenters. The number of nitrogens with zero attached hydrogens (tertiary/aromatic N) is 1. The van der Waals surface area contributed by atoms with Gasteiger partial charge < -0.3 is 10.4 Å². The molecule has 1 aromatic heterocycles. The summed E-state index contributed by atoms with van der Waals surface area (Å²) in [7, 11) is -3.78. The Morgan fingerprint density at radius 1 is 0.829 bits per heavy atom. The molecule has 0 saturated heterocycles. The van der Waals surface area contributed by atoms with Crippen LogP contribution in [0.15, 0.2) is 102 Å². The minimum absolute atomic E-state index is 0.0550. The van der Waals surface area contributed by atoms with Crippen LogP contribution in [0.4, 0.5) is 11.4 Å². The number of sulfonamides is 1. The van der Waals surface area contributed by atoms with Gasteiger partial charge in [0, 0.05) is 16.9 Å². The maximum atomic E-state index is 12.9. The van der Waals surface area contributed by atoms with Crippen molar-refractivity contribution in [3.8, 4) is 16.3 Å². The Kier molecular flexibility index (Phi) is 5.94. The summed E-state index contributed by atoms with van der Waals surface area (Å²) in [6.45, 7) is 0. The number of fused-ring (bicyclic) bond motifs is 1. The standard InChI is InChI=1S/C26H19N3O4S2/c30-23-14-13-18(16-21(23)26-28-22-11-4-5-12-24(22)34-26)27-25(31)17-7-6-8-19(15-17)29-35(32,33)20-9-2-1-3-10-20/h1-16,29-30H,(H,27,31). The molecule has 0 aliphatic heterocycles. The SMILES string of the molecule is O=C(Nc1ccc(O)c(-c2nc3ccccc3s2)c1)c1cccc(NS(=O)(=O)c2ccccc2)c1. The lowest BCUT2D eigenvalue weighted by Crippen LogP contribution is -2.15. The molecule has 1 heterocycles. The van der Waals surface area contributed by atoms with E-state index < -0.39 is 15.9 Å². The van der Waals surface area contributed by atoms with Crippen molar-refractivity contribution in [3.05, 3.63) is 103 Å². The highest BCUT2D eigenvalue weighted by Crippen LogP contribution is 2.36. The highest BCUT2D eigenvalue weighted by atomic mass is 32.2. The van der Waals surface area contributed by atoms with Crippen LogP contribution in [-0.2, 0) is 10.0 Å². The first kappa shape index (κ1) is 22.6. The summed E-state index contributed by atoms with van der Waals surface area (Å²) in [5, 5.41) is 13.8. The van der Waals surface area contributed by atoms with Gasteiger partial charge in [-0.05, 0) is 60.7 Å². The Morgan fingerprint density at radius 2 is 1.60 bits per heavy atom. The summed E-state index contributed by atoms with van der Waals surface area (Å²) >= 11 is 1.44. The van der Waals surface area contributed by atoms with E-state index in [2.05, 4.69) is 15.0 Å². The van der Waals surface area contributed by atoms with Crippen LogP contribution in [0.3, 0.4) is 0 Å². The average molecular weight is 502 g/mol. The smallest absolute Gasteiger partial charge is 0.261 e. The molecule has 5 rings (SSSR count). The van der Waals surface area contributed by atoms with Crippen molar-refractivity contribution in [2.24, 2.45) is 0 Å². The Bertz CT molecular complexity index is 1620. The lowest BCUT2D eigenvalue weighted by molar-refractivity contribution is 0.102. The first-order valence-electron chi connectivity index (χ1n) is 10.6. The minimum atomic E-state index is -3.78. The molecule has 5 aromatic rings. The lowest BCUT2D eigenvalue weighted by Gasteiger charge is -2.11. The van der Waals surface area contributed by atoms with Gasteiger partial charge in [0.2, 0.25) is 0 Å². The van der Waals surface area contributed by atoms with E-state index in [-0.39, 0.29) is 21.9 Å². The third-order valence-electron chi connectivity index (χ3n) is 5.21. The summed E-state index contributed by atoms with van der Waals surface area (Å²) in [5.74, 6) is -0.369. The van der Waals surface area contributed by atoms with Crippen molar-refractivity contribution in [3.63, 3.8) is 0 Å². The zero-order valence-electron chi connectivity index (χ0n) is 18.2. The van der Waals surface area contributed by atoms with Gasteiger partial charge >= 0.3 is 0 Å². The van der Waals surface area contributed by atoms with E-state index in [1.807, 2.05) is 24.3 Å². The molecule has 7 nitrogen and oxygen atoms in total. The molecule has 0 aliphatic rings. The Hall–Kier alpha value is -4.21. The number of hydrogen-bond donors (Lipinski definition) is 3. The molecule has 174 valence electrons. The van der Waals surface area contributed by atoms with E-state index in [0.29, 0.717) is 16.3 Å². The fraction of sp³-hybridized carbons (Fsp3) is 0. The van der Waals surface area contributed by atoms with Crippen molar-refractivity contribution < 1.29 is 18.3 Å². The van der Waals surface area contributed by atoms with E-state index in [0.717, 1.165) is 10.2 Å². The first-order chi connectivity index (χ1) is 16.9. The van der Waals surface area contributed by atoms with Gasteiger partial charge in [0.05, 0.1) is 20.7 Å². The second-order valence-electron chi connectivity index (χ2n) is 7.67. The van der Waals surface area contributed by atoms with Crippen LogP contribution in [-0.4, -0.2) is 24.4 Å². The normalized spacial score (nSPS) is 11.3. The van der Waals surface area contributed by atoms with Crippen molar-refractivity contribution in [1.82, 2.24) is 4.98 Å². The predicted molar refractivity (Wildman–Crippen MR) is 138 cm³/mol. The van der Waals surface area contributed by atoms with Crippen LogP contribution in [0.5, 0.6) is 5.75 Å². The van der Waals surface area contributed by atoms with E-state index in [9.17, 15) is 18.3 Å². The fourth-order valence-corrected chi connectivity index (χ4v) is 5.57. The van der Waals surface area contributed by atoms with Gasteiger partial charge in [0.15, 0.2) is 0 Å². The van der Waals surface area contributed by atoms with E-state index >= 15 is 0 Å². The van der Waals surface area contributed by atoms with E-state index in [1.165, 1.54) is 35.6 Å². The number of aromatic nitrogens is 1. The molecule has 1 amide bonds. The number of thiazole rings is 1. The topological polar surface area (TPSA) is 108 Å². The summed E-state index contributed by atoms with van der Waals surface area (Å²) in [6, 6.07) is 26.6. The number of phenols is 1. The average Bonchev–Trinajstić information content (AvgIpc) is 3.30. The van der Waals surface area contributed by atoms with Gasteiger partial charge in [0.1, 0.15) is 10.8 Å². The number of carbonyl (C=O) groups excluding carboxylic acids is 1. The largest absolute Gasteiger partial charge is 0.507 e. The molecule has 9 heteroatoms. The van der Waals surface area contributed by atoms with Crippen LogP contribution in [0.25, 0.3) is 20.8 Å². The van der Waals surface area contributed by atoms with Crippen molar-refractivity contribution >= 4 is 48.9 Å². The van der Waals surface area contributed by atoms with Crippen LogP contribution in [0, 0.1) is 0 Å². The number of carbonyl (C=O) groups is 1. The Morgan fingerprint density at radius 3 is 2.40 bits per heavy atom. The zero-order chi connectivity index (χ0) is 24.4. The summed E-state index contributed by atoms with van der Waals surface area (Å²) in [4.78, 5) is 17.6. The summed E-state index contributed by atoms with van der Waals surface area (Å²) in [6.07, 6.45) is 0. The molecule has 0 bridgehead atoms. The van der Waals surface area contributed by atoms with Crippen molar-refractivity contribution in [2.45, 2.75) is 4.90 Å². The van der Waals surface area contributed by atoms with Gasteiger partial charge in [0.25, 0.3) is 15.9 Å². The molecule has 3 N–H and O–H groups in total. The maximum absolute atomic E-state index is 12.9. The number of anilines is 2. The summed E-state index contributed by atoms with van der Waals surface area (Å²) in [5.41, 5.74) is 2.34. The molecular weight excluding hydrogens is 482 g/mol. The van der Waals surface area contributed by atoms with Gasteiger partial charge in [-0.1, -0.05) is 36.4 Å². The predicted octanol–water partition coefficient (Wildman–Crippen LogP) is 5.72. The van der Waals surface area contributed by atoms with E-state index in [1.54, 1.807) is 48.5 Å². The van der Waals surface area contributed by atoms with Crippen LogP contribution in [0.2, 0.25) is 0 Å². The maximum Gasteiger partial charge on any atom is 0.261 e. The van der Waals surface area contributed by atoms with Crippen LogP contribution >= 0.6 is 11.3 Å². The molecule has 0 spiro atoms. The van der Waals surface area contributed by atoms with Crippen molar-refractivity contribution in [1.29, 1.82) is 0 Å². The number of nitrogens with one attached hydrogen (secondary N) is 2. The molecule has 4 aromatic carbocycles. The van der Waals surface area contributed by atoms with Crippen LogP contribution in [0.1, 0.15) is 10.4 Å². The van der Waals surface area contributed by atoms with Crippen molar-refractivity contribution in [2.75, 3.05) is 10.0 Å². The lowest BCUT2D eigenvalue weighted by atomic mass is 10.1. The molecular formula is C26H19N3O4S2. The number of rotatable bonds is 6. The molecule has 0 saturated carbocycles. The number of para-hydroxylation sites is 1. The number of amides is 1. The van der Waals surface area contributed by atoms with E-state index in [4.69, 9.17) is 0 Å². The first-order valence-corrected chi connectivity index (χ1v) is 12.9. The monoisotopic (exact) mass is 501 g/mol. The number of aromatic hydroxyl groups is 1. The van der Waals surface area contributed by atoms with Gasteiger partial charge in [-0.25, -0.2) is 13.4 Å². The molecule has 0 aliphatic carbocycles. The second kappa shape index (κ2) is 9.21. The van der Waals surface area contributed by atoms with Gasteiger partial charge in [-0.2, -0.15) is 0 Å². The third kappa shape index (κ3) is 4.86. The molecule has 0 radical (unpaired) electrons. The van der Waals surface area contributed by atoms with Gasteiger partial charge in [-0.15, -0.1) is 11.3 Å². The quantitative estimate of drug-likeness (QED) is 0.258. The fourth-order valence-electron chi connectivity index (χ4n) is 3.51. The minimum Gasteiger partial charge on any atom is -0.507 e. The Balaban J connectivity index is 1.37. The zero-order valence-corrected chi connectivity index (χ0v) is 19.8. The highest BCUT2D eigenvalue weighted by Gasteiger charge is 2.16. The number of benzene rings is 4. The third-order valence-corrected chi connectivity index (χ3v) is 7.68. The van der Waals surface area contributed by atoms with Crippen LogP contribution < -0.4 is 10.0 Å². The number of hydrogen-bond acceptors (Lipinski definition) is 6. The molecule has 0 atom stereocenters. The second-order valence-corrected chi connectivity index (χ2v) is 10.4. The highest BCUT2D eigenvalue weighted by molar-refractivity contribution is 7.92.